The van der Waals surface area contributed by atoms with Crippen molar-refractivity contribution in [3.8, 4) is 0 Å². The van der Waals surface area contributed by atoms with Crippen LogP contribution in [0.25, 0.3) is 0 Å². The Morgan fingerprint density at radius 1 is 0.860 bits per heavy atom. The van der Waals surface area contributed by atoms with E-state index in [1.807, 2.05) is 4.90 Å². The van der Waals surface area contributed by atoms with E-state index in [0.29, 0.717) is 36.8 Å². The Labute approximate surface area is 252 Å². The number of rotatable bonds is 5. The molecule has 0 aromatic heterocycles. The Hall–Kier alpha value is -4.74. The molecule has 4 aromatic rings. The Morgan fingerprint density at radius 3 is 2.28 bits per heavy atom. The van der Waals surface area contributed by atoms with Crippen LogP contribution in [0.2, 0.25) is 5.02 Å². The van der Waals surface area contributed by atoms with Crippen LogP contribution in [0.5, 0.6) is 0 Å². The highest BCUT2D eigenvalue weighted by molar-refractivity contribution is 7.91. The maximum absolute atomic E-state index is 13.9. The molecule has 0 spiro atoms. The summed E-state index contributed by atoms with van der Waals surface area (Å²) in [6.07, 6.45) is 0. The highest BCUT2D eigenvalue weighted by Gasteiger charge is 2.36. The predicted molar refractivity (Wildman–Crippen MR) is 162 cm³/mol. The number of nitro groups is 1. The summed E-state index contributed by atoms with van der Waals surface area (Å²) >= 11 is 6.20. The van der Waals surface area contributed by atoms with Crippen LogP contribution >= 0.6 is 11.6 Å². The number of non-ortho nitro benzene ring substituents is 1. The zero-order chi connectivity index (χ0) is 30.3. The minimum Gasteiger partial charge on any atom is -0.368 e. The lowest BCUT2D eigenvalue weighted by molar-refractivity contribution is -0.384. The molecule has 0 N–H and O–H groups in total. The number of hydrogen-bond acceptors (Lipinski definition) is 7. The molecule has 1 saturated heterocycles. The van der Waals surface area contributed by atoms with Gasteiger partial charge in [0.05, 0.1) is 32.5 Å². The number of sulfone groups is 1. The van der Waals surface area contributed by atoms with Gasteiger partial charge in [0, 0.05) is 54.6 Å². The minimum absolute atomic E-state index is 0.00812. The van der Waals surface area contributed by atoms with E-state index in [0.717, 1.165) is 5.69 Å². The second-order valence-corrected chi connectivity index (χ2v) is 12.6. The van der Waals surface area contributed by atoms with Crippen molar-refractivity contribution in [2.75, 3.05) is 36.0 Å². The summed E-state index contributed by atoms with van der Waals surface area (Å²) in [5, 5.41) is 11.5. The van der Waals surface area contributed by atoms with Crippen LogP contribution in [0.4, 0.5) is 17.1 Å². The van der Waals surface area contributed by atoms with E-state index in [1.165, 1.54) is 47.4 Å². The number of hydrogen-bond donors (Lipinski definition) is 0. The molecule has 12 heteroatoms. The molecule has 1 fully saturated rings. The van der Waals surface area contributed by atoms with Gasteiger partial charge in [-0.25, -0.2) is 8.42 Å². The van der Waals surface area contributed by atoms with E-state index in [1.54, 1.807) is 53.4 Å². The topological polar surface area (TPSA) is 121 Å². The zero-order valence-electron chi connectivity index (χ0n) is 22.7. The van der Waals surface area contributed by atoms with Gasteiger partial charge in [-0.05, 0) is 60.2 Å². The monoisotopic (exact) mass is 616 g/mol. The molecule has 43 heavy (non-hydrogen) atoms. The minimum atomic E-state index is -4.08. The largest absolute Gasteiger partial charge is 0.368 e. The summed E-state index contributed by atoms with van der Waals surface area (Å²) in [5.74, 6) is -0.792. The number of amides is 2. The van der Waals surface area contributed by atoms with Crippen molar-refractivity contribution in [1.82, 2.24) is 4.90 Å². The van der Waals surface area contributed by atoms with Crippen LogP contribution in [-0.2, 0) is 16.4 Å². The first-order valence-corrected chi connectivity index (χ1v) is 15.3. The normalized spacial score (nSPS) is 15.8. The maximum atomic E-state index is 13.9. The smallest absolute Gasteiger partial charge is 0.269 e. The van der Waals surface area contributed by atoms with Gasteiger partial charge in [0.2, 0.25) is 9.84 Å². The van der Waals surface area contributed by atoms with Crippen molar-refractivity contribution in [2.45, 2.75) is 16.3 Å². The van der Waals surface area contributed by atoms with E-state index < -0.39 is 20.7 Å². The third kappa shape index (κ3) is 5.33. The number of piperazine rings is 1. The van der Waals surface area contributed by atoms with Crippen LogP contribution in [-0.4, -0.2) is 56.2 Å². The molecule has 0 saturated carbocycles. The van der Waals surface area contributed by atoms with Gasteiger partial charge in [0.25, 0.3) is 17.5 Å². The van der Waals surface area contributed by atoms with Gasteiger partial charge in [0.1, 0.15) is 0 Å². The number of carbonyl (C=O) groups is 2. The molecule has 0 radical (unpaired) electrons. The van der Waals surface area contributed by atoms with Crippen molar-refractivity contribution >= 4 is 50.3 Å². The molecular formula is C31H25ClN4O6S. The number of carbonyl (C=O) groups excluding carboxylic acids is 2. The number of nitrogens with zero attached hydrogens (tertiary/aromatic N) is 4. The van der Waals surface area contributed by atoms with Crippen LogP contribution < -0.4 is 9.80 Å². The summed E-state index contributed by atoms with van der Waals surface area (Å²) in [4.78, 5) is 43.0. The number of anilines is 2. The van der Waals surface area contributed by atoms with Gasteiger partial charge < -0.3 is 14.7 Å². The molecule has 0 bridgehead atoms. The Morgan fingerprint density at radius 2 is 1.58 bits per heavy atom. The zero-order valence-corrected chi connectivity index (χ0v) is 24.3. The first-order valence-electron chi connectivity index (χ1n) is 13.5. The molecule has 0 unspecified atom stereocenters. The molecule has 0 aliphatic carbocycles. The molecular weight excluding hydrogens is 592 g/mol. The van der Waals surface area contributed by atoms with E-state index >= 15 is 0 Å². The molecule has 4 aromatic carbocycles. The predicted octanol–water partition coefficient (Wildman–Crippen LogP) is 5.20. The Kier molecular flexibility index (Phi) is 7.37. The lowest BCUT2D eigenvalue weighted by Crippen LogP contribution is -2.48. The summed E-state index contributed by atoms with van der Waals surface area (Å²) < 4.78 is 27.6. The lowest BCUT2D eigenvalue weighted by atomic mass is 10.1. The van der Waals surface area contributed by atoms with Crippen molar-refractivity contribution in [3.05, 3.63) is 123 Å². The quantitative estimate of drug-likeness (QED) is 0.223. The third-order valence-corrected chi connectivity index (χ3v) is 9.75. The lowest BCUT2D eigenvalue weighted by Gasteiger charge is -2.36. The highest BCUT2D eigenvalue weighted by atomic mass is 35.5. The Balaban J connectivity index is 1.31. The first-order chi connectivity index (χ1) is 20.6. The molecule has 2 heterocycles. The van der Waals surface area contributed by atoms with Gasteiger partial charge in [-0.3, -0.25) is 19.7 Å². The SMILES string of the molecule is O=C(c1ccc2c(c1)N(Cc1cccc(Cl)c1)C(=O)c1ccccc1S2(=O)=O)N1CCN(c2ccc([N+](=O)[O-])cc2)CC1. The molecule has 10 nitrogen and oxygen atoms in total. The molecule has 218 valence electrons. The van der Waals surface area contributed by atoms with E-state index in [2.05, 4.69) is 0 Å². The Bertz CT molecular complexity index is 1870. The van der Waals surface area contributed by atoms with Crippen LogP contribution in [0.3, 0.4) is 0 Å². The summed E-state index contributed by atoms with van der Waals surface area (Å²) in [5.41, 5.74) is 1.96. The molecule has 0 atom stereocenters. The summed E-state index contributed by atoms with van der Waals surface area (Å²) in [6, 6.07) is 23.7. The molecule has 2 aliphatic rings. The number of fused-ring (bicyclic) bond motifs is 2. The van der Waals surface area contributed by atoms with Crippen LogP contribution in [0.15, 0.2) is 101 Å². The fourth-order valence-corrected chi connectivity index (χ4v) is 7.29. The van der Waals surface area contributed by atoms with Gasteiger partial charge in [-0.1, -0.05) is 35.9 Å². The van der Waals surface area contributed by atoms with Gasteiger partial charge in [0.15, 0.2) is 0 Å². The standard InChI is InChI=1S/C31H25ClN4O6S/c32-23-5-3-4-21(18-23)20-35-27-19-22(8-13-29(27)43(41,42)28-7-2-1-6-26(28)31(35)38)30(37)34-16-14-33(15-17-34)24-9-11-25(12-10-24)36(39)40/h1-13,18-19H,14-17,20H2. The first kappa shape index (κ1) is 28.4. The average Bonchev–Trinajstić information content (AvgIpc) is 3.08. The fraction of sp³-hybridized carbons (Fsp3) is 0.161. The van der Waals surface area contributed by atoms with Crippen molar-refractivity contribution in [1.29, 1.82) is 0 Å². The number of benzene rings is 4. The van der Waals surface area contributed by atoms with Gasteiger partial charge >= 0.3 is 0 Å². The second-order valence-electron chi connectivity index (χ2n) is 10.3. The van der Waals surface area contributed by atoms with E-state index in [4.69, 9.17) is 11.6 Å². The van der Waals surface area contributed by atoms with E-state index in [-0.39, 0.29) is 44.7 Å². The van der Waals surface area contributed by atoms with E-state index in [9.17, 15) is 28.1 Å². The highest BCUT2D eigenvalue weighted by Crippen LogP contribution is 2.38. The van der Waals surface area contributed by atoms with Gasteiger partial charge in [-0.15, -0.1) is 0 Å². The van der Waals surface area contributed by atoms with Crippen LogP contribution in [0.1, 0.15) is 26.3 Å². The molecule has 2 aliphatic heterocycles. The van der Waals surface area contributed by atoms with Crippen molar-refractivity contribution in [3.63, 3.8) is 0 Å². The average molecular weight is 617 g/mol. The fourth-order valence-electron chi connectivity index (χ4n) is 5.45. The number of halogens is 1. The van der Waals surface area contributed by atoms with Crippen LogP contribution in [0, 0.1) is 10.1 Å². The summed E-state index contributed by atoms with van der Waals surface area (Å²) in [6.45, 7) is 1.85. The van der Waals surface area contributed by atoms with Crippen molar-refractivity contribution in [2.24, 2.45) is 0 Å². The summed E-state index contributed by atoms with van der Waals surface area (Å²) in [7, 11) is -4.08. The third-order valence-electron chi connectivity index (χ3n) is 7.66. The van der Waals surface area contributed by atoms with Crippen molar-refractivity contribution < 1.29 is 22.9 Å². The maximum Gasteiger partial charge on any atom is 0.269 e. The number of nitro benzene ring substituents is 1. The molecule has 2 amide bonds. The molecule has 6 rings (SSSR count). The second kappa shape index (κ2) is 11.2. The van der Waals surface area contributed by atoms with Gasteiger partial charge in [-0.2, -0.15) is 0 Å².